The molecule has 0 aromatic carbocycles. The van der Waals surface area contributed by atoms with E-state index in [1.165, 1.54) is 11.8 Å². The van der Waals surface area contributed by atoms with E-state index in [4.69, 9.17) is 4.74 Å². The topological polar surface area (TPSA) is 109 Å². The fraction of sp³-hybridized carbons (Fsp3) is 0.250. The number of aryl methyl sites for hydroxylation is 2. The summed E-state index contributed by atoms with van der Waals surface area (Å²) in [6, 6.07) is 8.14. The molecule has 4 rings (SSSR count). The normalized spacial score (nSPS) is 11.6. The van der Waals surface area contributed by atoms with Crippen molar-refractivity contribution >= 4 is 39.9 Å². The fourth-order valence-corrected chi connectivity index (χ4v) is 4.92. The van der Waals surface area contributed by atoms with Crippen LogP contribution >= 0.6 is 11.3 Å². The molecule has 0 saturated heterocycles. The largest absolute Gasteiger partial charge is 0.481 e. The van der Waals surface area contributed by atoms with Gasteiger partial charge in [-0.2, -0.15) is 5.26 Å². The number of carbonyl (C=O) groups excluding carboxylic acids is 1. The number of H-pyrrole nitrogens is 1. The van der Waals surface area contributed by atoms with Gasteiger partial charge in [-0.15, -0.1) is 11.3 Å². The highest BCUT2D eigenvalue weighted by atomic mass is 32.1. The first kappa shape index (κ1) is 22.3. The van der Waals surface area contributed by atoms with Crippen LogP contribution in [0.5, 0.6) is 5.88 Å². The molecule has 0 saturated carbocycles. The molecule has 0 unspecified atom stereocenters. The Morgan fingerprint density at radius 2 is 2.12 bits per heavy atom. The van der Waals surface area contributed by atoms with Crippen molar-refractivity contribution in [1.82, 2.24) is 24.8 Å². The number of aromatic nitrogens is 4. The quantitative estimate of drug-likeness (QED) is 0.413. The molecule has 0 aliphatic carbocycles. The fourth-order valence-electron chi connectivity index (χ4n) is 3.78. The molecular formula is C24H24N6O2S. The van der Waals surface area contributed by atoms with Gasteiger partial charge in [0.1, 0.15) is 16.9 Å². The van der Waals surface area contributed by atoms with E-state index in [9.17, 15) is 10.1 Å². The van der Waals surface area contributed by atoms with E-state index in [1.54, 1.807) is 30.7 Å². The summed E-state index contributed by atoms with van der Waals surface area (Å²) in [6.07, 6.45) is 3.48. The van der Waals surface area contributed by atoms with Gasteiger partial charge in [0, 0.05) is 41.4 Å². The minimum Gasteiger partial charge on any atom is -0.481 e. The van der Waals surface area contributed by atoms with Crippen LogP contribution in [0.2, 0.25) is 0 Å². The maximum absolute atomic E-state index is 11.4. The van der Waals surface area contributed by atoms with Crippen molar-refractivity contribution < 1.29 is 9.53 Å². The Kier molecular flexibility index (Phi) is 6.03. The van der Waals surface area contributed by atoms with E-state index in [2.05, 4.69) is 50.0 Å². The van der Waals surface area contributed by atoms with Crippen molar-refractivity contribution in [1.29, 1.82) is 5.26 Å². The smallest absolute Gasteiger partial charge is 0.217 e. The summed E-state index contributed by atoms with van der Waals surface area (Å²) in [5, 5.41) is 13.8. The molecule has 0 aliphatic rings. The minimum atomic E-state index is -0.0632. The van der Waals surface area contributed by atoms with Crippen LogP contribution in [0.3, 0.4) is 0 Å². The van der Waals surface area contributed by atoms with E-state index in [0.29, 0.717) is 29.3 Å². The number of hydrogen-bond acceptors (Lipinski definition) is 6. The summed E-state index contributed by atoms with van der Waals surface area (Å²) < 4.78 is 7.33. The molecule has 0 bridgehead atoms. The van der Waals surface area contributed by atoms with Gasteiger partial charge in [-0.25, -0.2) is 9.97 Å². The highest BCUT2D eigenvalue weighted by Gasteiger charge is 2.17. The lowest BCUT2D eigenvalue weighted by Crippen LogP contribution is -2.19. The monoisotopic (exact) mass is 460 g/mol. The number of imidazole rings is 1. The van der Waals surface area contributed by atoms with Crippen LogP contribution in [0, 0.1) is 32.1 Å². The van der Waals surface area contributed by atoms with Crippen molar-refractivity contribution in [2.24, 2.45) is 0 Å². The average molecular weight is 461 g/mol. The minimum absolute atomic E-state index is 0.0632. The van der Waals surface area contributed by atoms with Crippen molar-refractivity contribution in [3.63, 3.8) is 0 Å². The van der Waals surface area contributed by atoms with Gasteiger partial charge in [0.15, 0.2) is 0 Å². The van der Waals surface area contributed by atoms with Crippen LogP contribution in [0.25, 0.3) is 27.7 Å². The summed E-state index contributed by atoms with van der Waals surface area (Å²) in [6.45, 7) is 8.10. The summed E-state index contributed by atoms with van der Waals surface area (Å²) in [7, 11) is 1.55. The zero-order valence-corrected chi connectivity index (χ0v) is 19.9. The number of ether oxygens (including phenoxy) is 1. The lowest BCUT2D eigenvalue weighted by Gasteiger charge is -2.11. The first-order valence-corrected chi connectivity index (χ1v) is 11.2. The lowest BCUT2D eigenvalue weighted by atomic mass is 10.1. The highest BCUT2D eigenvalue weighted by Crippen LogP contribution is 2.32. The number of amides is 1. The molecule has 1 amide bonds. The number of fused-ring (bicyclic) bond motifs is 1. The number of nitrogens with zero attached hydrogens (tertiary/aromatic N) is 4. The molecular weight excluding hydrogens is 436 g/mol. The Hall–Kier alpha value is -3.90. The van der Waals surface area contributed by atoms with E-state index >= 15 is 0 Å². The number of allylic oxidation sites excluding steroid dienone is 1. The van der Waals surface area contributed by atoms with Gasteiger partial charge >= 0.3 is 0 Å². The molecule has 0 spiro atoms. The van der Waals surface area contributed by atoms with Crippen molar-refractivity contribution in [3.05, 3.63) is 57.6 Å². The van der Waals surface area contributed by atoms with E-state index in [0.717, 1.165) is 33.0 Å². The average Bonchev–Trinajstić information content (AvgIpc) is 3.44. The van der Waals surface area contributed by atoms with Crippen LogP contribution in [-0.4, -0.2) is 32.5 Å². The highest BCUT2D eigenvalue weighted by molar-refractivity contribution is 7.14. The summed E-state index contributed by atoms with van der Waals surface area (Å²) >= 11 is 1.68. The van der Waals surface area contributed by atoms with Gasteiger partial charge in [0.2, 0.25) is 11.8 Å². The van der Waals surface area contributed by atoms with Gasteiger partial charge in [-0.05, 0) is 44.5 Å². The number of nitrogens with one attached hydrogen (secondary N) is 2. The van der Waals surface area contributed by atoms with E-state index in [1.807, 2.05) is 19.9 Å². The van der Waals surface area contributed by atoms with Crippen LogP contribution in [0.1, 0.15) is 40.1 Å². The third kappa shape index (κ3) is 4.38. The molecule has 4 aromatic rings. The molecule has 9 heteroatoms. The standard InChI is InChI=1S/C24H24N6O2S/c1-13-6-17(15(3)30(13)24-19(7-14(2)33-24)11-26-16(4)31)8-18(10-25)23-28-20-9-22(32-5)27-12-21(20)29-23/h6-9,12H,11H2,1-5H3,(H,26,31)(H,28,29)/b18-8+. The molecule has 33 heavy (non-hydrogen) atoms. The second-order valence-electron chi connectivity index (χ2n) is 7.76. The van der Waals surface area contributed by atoms with E-state index < -0.39 is 0 Å². The number of carbonyl (C=O) groups is 1. The van der Waals surface area contributed by atoms with Crippen LogP contribution in [0.15, 0.2) is 24.4 Å². The van der Waals surface area contributed by atoms with Crippen molar-refractivity contribution in [3.8, 4) is 17.0 Å². The number of rotatable bonds is 6. The molecule has 0 aliphatic heterocycles. The third-order valence-electron chi connectivity index (χ3n) is 5.34. The van der Waals surface area contributed by atoms with Gasteiger partial charge in [-0.1, -0.05) is 0 Å². The summed E-state index contributed by atoms with van der Waals surface area (Å²) in [5.74, 6) is 0.880. The zero-order valence-electron chi connectivity index (χ0n) is 19.1. The second-order valence-corrected chi connectivity index (χ2v) is 8.99. The molecule has 4 heterocycles. The second kappa shape index (κ2) is 8.92. The Bertz CT molecular complexity index is 1430. The Balaban J connectivity index is 1.75. The van der Waals surface area contributed by atoms with Gasteiger partial charge < -0.3 is 19.6 Å². The Morgan fingerprint density at radius 1 is 1.33 bits per heavy atom. The lowest BCUT2D eigenvalue weighted by molar-refractivity contribution is -0.119. The maximum Gasteiger partial charge on any atom is 0.217 e. The SMILES string of the molecule is COc1cc2nc(/C(C#N)=C/c3cc(C)n(-c4sc(C)cc4CNC(C)=O)c3C)[nH]c2cn1. The number of methoxy groups -OCH3 is 1. The zero-order chi connectivity index (χ0) is 23.7. The predicted octanol–water partition coefficient (Wildman–Crippen LogP) is 4.44. The Morgan fingerprint density at radius 3 is 2.82 bits per heavy atom. The molecule has 8 nitrogen and oxygen atoms in total. The molecule has 0 atom stereocenters. The molecule has 168 valence electrons. The molecule has 0 radical (unpaired) electrons. The van der Waals surface area contributed by atoms with Crippen molar-refractivity contribution in [2.75, 3.05) is 7.11 Å². The first-order valence-electron chi connectivity index (χ1n) is 10.4. The first-order chi connectivity index (χ1) is 15.8. The number of pyridine rings is 1. The van der Waals surface area contributed by atoms with Crippen LogP contribution in [-0.2, 0) is 11.3 Å². The van der Waals surface area contributed by atoms with Crippen LogP contribution < -0.4 is 10.1 Å². The van der Waals surface area contributed by atoms with Gasteiger partial charge in [0.25, 0.3) is 0 Å². The number of nitriles is 1. The summed E-state index contributed by atoms with van der Waals surface area (Å²) in [5.41, 5.74) is 5.87. The van der Waals surface area contributed by atoms with E-state index in [-0.39, 0.29) is 5.91 Å². The number of thiophene rings is 1. The summed E-state index contributed by atoms with van der Waals surface area (Å²) in [4.78, 5) is 24.5. The third-order valence-corrected chi connectivity index (χ3v) is 6.42. The molecule has 4 aromatic heterocycles. The van der Waals surface area contributed by atoms with Crippen LogP contribution in [0.4, 0.5) is 0 Å². The molecule has 2 N–H and O–H groups in total. The number of hydrogen-bond donors (Lipinski definition) is 2. The molecule has 0 fully saturated rings. The van der Waals surface area contributed by atoms with Crippen molar-refractivity contribution in [2.45, 2.75) is 34.2 Å². The van der Waals surface area contributed by atoms with Gasteiger partial charge in [-0.3, -0.25) is 4.79 Å². The van der Waals surface area contributed by atoms with Gasteiger partial charge in [0.05, 0.1) is 29.9 Å². The maximum atomic E-state index is 11.4. The Labute approximate surface area is 195 Å². The number of aromatic amines is 1. The predicted molar refractivity (Wildman–Crippen MR) is 129 cm³/mol.